The number of fused-ring (bicyclic) bond motifs is 5. The van der Waals surface area contributed by atoms with Gasteiger partial charge in [0.2, 0.25) is 0 Å². The van der Waals surface area contributed by atoms with E-state index in [1.54, 1.807) is 0 Å². The van der Waals surface area contributed by atoms with Crippen LogP contribution in [-0.2, 0) is 0 Å². The summed E-state index contributed by atoms with van der Waals surface area (Å²) in [5, 5.41) is 0.667. The predicted molar refractivity (Wildman–Crippen MR) is 63.5 cm³/mol. The molecule has 1 aliphatic carbocycles. The largest absolute Gasteiger partial charge is 0.462 e. The van der Waals surface area contributed by atoms with Crippen molar-refractivity contribution in [2.45, 2.75) is 31.3 Å². The van der Waals surface area contributed by atoms with E-state index in [4.69, 9.17) is 9.15 Å². The van der Waals surface area contributed by atoms with Gasteiger partial charge in [-0.05, 0) is 37.3 Å². The third-order valence-corrected chi connectivity index (χ3v) is 3.87. The molecule has 1 aromatic heterocycles. The summed E-state index contributed by atoms with van der Waals surface area (Å²) in [6, 6.07) is 7.38. The Morgan fingerprint density at radius 2 is 2.06 bits per heavy atom. The number of para-hydroxylation sites is 1. The van der Waals surface area contributed by atoms with Crippen molar-refractivity contribution in [3.05, 3.63) is 40.1 Å². The lowest BCUT2D eigenvalue weighted by molar-refractivity contribution is 0.146. The van der Waals surface area contributed by atoms with Gasteiger partial charge in [0.25, 0.3) is 5.95 Å². The minimum Gasteiger partial charge on any atom is -0.462 e. The van der Waals surface area contributed by atoms with Crippen LogP contribution in [0.1, 0.15) is 30.7 Å². The first-order valence-electron chi connectivity index (χ1n) is 6.05. The van der Waals surface area contributed by atoms with Gasteiger partial charge >= 0.3 is 0 Å². The average molecular weight is 228 g/mol. The van der Waals surface area contributed by atoms with Gasteiger partial charge in [-0.1, -0.05) is 12.1 Å². The average Bonchev–Trinajstić information content (AvgIpc) is 2.71. The summed E-state index contributed by atoms with van der Waals surface area (Å²) in [7, 11) is 0. The van der Waals surface area contributed by atoms with Crippen molar-refractivity contribution < 1.29 is 9.15 Å². The Morgan fingerprint density at radius 1 is 1.18 bits per heavy atom. The second kappa shape index (κ2) is 3.13. The quantitative estimate of drug-likeness (QED) is 0.696. The number of rotatable bonds is 0. The zero-order chi connectivity index (χ0) is 11.4. The van der Waals surface area contributed by atoms with Crippen molar-refractivity contribution in [1.82, 2.24) is 0 Å². The summed E-state index contributed by atoms with van der Waals surface area (Å²) in [6.07, 6.45) is 3.29. The lowest BCUT2D eigenvalue weighted by atomic mass is 9.96. The zero-order valence-electron chi connectivity index (χ0n) is 9.31. The smallest absolute Gasteiger partial charge is 0.292 e. The molecule has 1 aromatic carbocycles. The van der Waals surface area contributed by atoms with Crippen LogP contribution in [0.15, 0.2) is 33.5 Å². The van der Waals surface area contributed by atoms with Gasteiger partial charge in [0.15, 0.2) is 5.43 Å². The van der Waals surface area contributed by atoms with E-state index in [-0.39, 0.29) is 11.5 Å². The molecule has 4 rings (SSSR count). The Hall–Kier alpha value is -1.77. The number of hydrogen-bond donors (Lipinski definition) is 0. The van der Waals surface area contributed by atoms with Crippen LogP contribution >= 0.6 is 0 Å². The van der Waals surface area contributed by atoms with Gasteiger partial charge in [-0.2, -0.15) is 0 Å². The molecule has 0 amide bonds. The van der Waals surface area contributed by atoms with E-state index in [9.17, 15) is 4.79 Å². The Morgan fingerprint density at radius 3 is 3.00 bits per heavy atom. The van der Waals surface area contributed by atoms with E-state index in [0.29, 0.717) is 22.8 Å². The van der Waals surface area contributed by atoms with E-state index in [2.05, 4.69) is 0 Å². The lowest BCUT2D eigenvalue weighted by Crippen LogP contribution is -2.23. The molecule has 0 radical (unpaired) electrons. The molecule has 2 bridgehead atoms. The zero-order valence-corrected chi connectivity index (χ0v) is 9.31. The Bertz CT molecular complexity index is 656. The van der Waals surface area contributed by atoms with Crippen LogP contribution in [0.4, 0.5) is 0 Å². The minimum atomic E-state index is 0.0900. The maximum atomic E-state index is 12.4. The monoisotopic (exact) mass is 228 g/mol. The molecule has 2 heterocycles. The molecule has 2 aromatic rings. The van der Waals surface area contributed by atoms with Crippen LogP contribution in [0.3, 0.4) is 0 Å². The van der Waals surface area contributed by atoms with Crippen LogP contribution in [0.2, 0.25) is 0 Å². The maximum Gasteiger partial charge on any atom is 0.292 e. The molecule has 1 aliphatic heterocycles. The molecule has 0 N–H and O–H groups in total. The van der Waals surface area contributed by atoms with Crippen LogP contribution < -0.4 is 10.2 Å². The number of hydrogen-bond acceptors (Lipinski definition) is 3. The molecule has 0 saturated heterocycles. The van der Waals surface area contributed by atoms with E-state index in [1.165, 1.54) is 0 Å². The van der Waals surface area contributed by atoms with Gasteiger partial charge in [0.1, 0.15) is 11.7 Å². The SMILES string of the molecule is O=c1c2c(oc3ccccc13)O[C@H]1CC[C@@H]2C1. The summed E-state index contributed by atoms with van der Waals surface area (Å²) >= 11 is 0. The fourth-order valence-electron chi connectivity index (χ4n) is 3.04. The van der Waals surface area contributed by atoms with Crippen molar-refractivity contribution >= 4 is 11.0 Å². The summed E-state index contributed by atoms with van der Waals surface area (Å²) in [4.78, 5) is 12.4. The summed E-state index contributed by atoms with van der Waals surface area (Å²) in [6.45, 7) is 0. The molecule has 3 nitrogen and oxygen atoms in total. The predicted octanol–water partition coefficient (Wildman–Crippen LogP) is 2.82. The Labute approximate surface area is 98.0 Å². The van der Waals surface area contributed by atoms with E-state index in [0.717, 1.165) is 24.8 Å². The molecular weight excluding hydrogens is 216 g/mol. The Balaban J connectivity index is 2.09. The molecule has 2 aliphatic rings. The fraction of sp³-hybridized carbons (Fsp3) is 0.357. The number of benzene rings is 1. The van der Waals surface area contributed by atoms with Crippen LogP contribution in [0, 0.1) is 0 Å². The number of ether oxygens (including phenoxy) is 1. The first-order chi connectivity index (χ1) is 8.33. The Kier molecular flexibility index (Phi) is 1.71. The van der Waals surface area contributed by atoms with Gasteiger partial charge in [0.05, 0.1) is 10.9 Å². The molecule has 17 heavy (non-hydrogen) atoms. The van der Waals surface area contributed by atoms with Crippen LogP contribution in [0.5, 0.6) is 5.95 Å². The molecule has 1 saturated carbocycles. The second-order valence-corrected chi connectivity index (χ2v) is 4.88. The standard InChI is InChI=1S/C14H12O3/c15-13-10-3-1-2-4-11(10)17-14-12(13)8-5-6-9(7-8)16-14/h1-4,8-9H,5-7H2/t8-,9+/m1/s1. The highest BCUT2D eigenvalue weighted by Gasteiger charge is 2.38. The lowest BCUT2D eigenvalue weighted by Gasteiger charge is -2.21. The third kappa shape index (κ3) is 1.19. The third-order valence-electron chi connectivity index (χ3n) is 3.87. The van der Waals surface area contributed by atoms with Gasteiger partial charge < -0.3 is 9.15 Å². The summed E-state index contributed by atoms with van der Waals surface area (Å²) < 4.78 is 11.5. The summed E-state index contributed by atoms with van der Waals surface area (Å²) in [5.74, 6) is 0.803. The molecule has 0 spiro atoms. The summed E-state index contributed by atoms with van der Waals surface area (Å²) in [5.41, 5.74) is 1.47. The first kappa shape index (κ1) is 9.28. The molecule has 86 valence electrons. The van der Waals surface area contributed by atoms with E-state index >= 15 is 0 Å². The van der Waals surface area contributed by atoms with Crippen molar-refractivity contribution in [2.24, 2.45) is 0 Å². The highest BCUT2D eigenvalue weighted by molar-refractivity contribution is 5.77. The van der Waals surface area contributed by atoms with Crippen molar-refractivity contribution in [1.29, 1.82) is 0 Å². The van der Waals surface area contributed by atoms with Gasteiger partial charge in [-0.25, -0.2) is 0 Å². The van der Waals surface area contributed by atoms with Gasteiger partial charge in [0, 0.05) is 0 Å². The van der Waals surface area contributed by atoms with Crippen molar-refractivity contribution in [2.75, 3.05) is 0 Å². The van der Waals surface area contributed by atoms with Gasteiger partial charge in [-0.15, -0.1) is 0 Å². The first-order valence-corrected chi connectivity index (χ1v) is 6.05. The highest BCUT2D eigenvalue weighted by atomic mass is 16.6. The van der Waals surface area contributed by atoms with Gasteiger partial charge in [-0.3, -0.25) is 4.79 Å². The molecule has 3 heteroatoms. The second-order valence-electron chi connectivity index (χ2n) is 4.88. The maximum absolute atomic E-state index is 12.4. The normalized spacial score (nSPS) is 25.6. The fourth-order valence-corrected chi connectivity index (χ4v) is 3.04. The topological polar surface area (TPSA) is 39.4 Å². The molecule has 0 unspecified atom stereocenters. The molecule has 2 atom stereocenters. The molecule has 1 fully saturated rings. The van der Waals surface area contributed by atoms with E-state index < -0.39 is 0 Å². The highest BCUT2D eigenvalue weighted by Crippen LogP contribution is 2.44. The van der Waals surface area contributed by atoms with Crippen LogP contribution in [0.25, 0.3) is 11.0 Å². The van der Waals surface area contributed by atoms with E-state index in [1.807, 2.05) is 24.3 Å². The van der Waals surface area contributed by atoms with Crippen molar-refractivity contribution in [3.8, 4) is 5.95 Å². The molecular formula is C14H12O3. The van der Waals surface area contributed by atoms with Crippen molar-refractivity contribution in [3.63, 3.8) is 0 Å². The minimum absolute atomic E-state index is 0.0900. The van der Waals surface area contributed by atoms with Crippen LogP contribution in [-0.4, -0.2) is 6.10 Å².